The van der Waals surface area contributed by atoms with Crippen molar-refractivity contribution in [3.8, 4) is 0 Å². The molecular formula is C18H21NO2S. The van der Waals surface area contributed by atoms with Gasteiger partial charge in [-0.3, -0.25) is 4.79 Å². The average molecular weight is 315 g/mol. The molecule has 4 heteroatoms. The molecule has 0 radical (unpaired) electrons. The molecule has 116 valence electrons. The summed E-state index contributed by atoms with van der Waals surface area (Å²) in [5.74, 6) is -0.255. The number of aliphatic hydroxyl groups excluding tert-OH is 1. The SMILES string of the molecule is C=CCN(Cc1ccc(C)s1)C(=O)C(O)Cc1ccccc1. The van der Waals surface area contributed by atoms with Crippen LogP contribution in [0.15, 0.2) is 55.1 Å². The summed E-state index contributed by atoms with van der Waals surface area (Å²) >= 11 is 1.67. The smallest absolute Gasteiger partial charge is 0.252 e. The molecule has 22 heavy (non-hydrogen) atoms. The van der Waals surface area contributed by atoms with E-state index in [1.807, 2.05) is 49.4 Å². The summed E-state index contributed by atoms with van der Waals surface area (Å²) in [6, 6.07) is 13.6. The van der Waals surface area contributed by atoms with Crippen LogP contribution in [0.4, 0.5) is 0 Å². The minimum Gasteiger partial charge on any atom is -0.383 e. The van der Waals surface area contributed by atoms with E-state index in [0.29, 0.717) is 19.5 Å². The summed E-state index contributed by atoms with van der Waals surface area (Å²) in [5, 5.41) is 10.2. The topological polar surface area (TPSA) is 40.5 Å². The second-order valence-electron chi connectivity index (χ2n) is 5.23. The minimum atomic E-state index is -1.02. The summed E-state index contributed by atoms with van der Waals surface area (Å²) in [7, 11) is 0. The first-order valence-corrected chi connectivity index (χ1v) is 8.09. The zero-order valence-corrected chi connectivity index (χ0v) is 13.6. The Morgan fingerprint density at radius 1 is 1.32 bits per heavy atom. The lowest BCUT2D eigenvalue weighted by Gasteiger charge is -2.23. The predicted molar refractivity (Wildman–Crippen MR) is 90.8 cm³/mol. The van der Waals surface area contributed by atoms with Gasteiger partial charge >= 0.3 is 0 Å². The van der Waals surface area contributed by atoms with Crippen molar-refractivity contribution in [2.75, 3.05) is 6.54 Å². The number of amides is 1. The number of hydrogen-bond donors (Lipinski definition) is 1. The van der Waals surface area contributed by atoms with Crippen LogP contribution >= 0.6 is 11.3 Å². The second kappa shape index (κ2) is 7.92. The monoisotopic (exact) mass is 315 g/mol. The van der Waals surface area contributed by atoms with Gasteiger partial charge in [0.15, 0.2) is 0 Å². The fourth-order valence-electron chi connectivity index (χ4n) is 2.28. The number of nitrogens with zero attached hydrogens (tertiary/aromatic N) is 1. The normalized spacial score (nSPS) is 11.9. The number of carbonyl (C=O) groups excluding carboxylic acids is 1. The summed E-state index contributed by atoms with van der Waals surface area (Å²) in [6.07, 6.45) is 0.994. The van der Waals surface area contributed by atoms with Gasteiger partial charge in [-0.2, -0.15) is 0 Å². The van der Waals surface area contributed by atoms with E-state index in [4.69, 9.17) is 0 Å². The molecule has 0 aliphatic carbocycles. The fourth-order valence-corrected chi connectivity index (χ4v) is 3.19. The van der Waals surface area contributed by atoms with E-state index in [-0.39, 0.29) is 5.91 Å². The third-order valence-electron chi connectivity index (χ3n) is 3.36. The van der Waals surface area contributed by atoms with Crippen molar-refractivity contribution < 1.29 is 9.90 Å². The van der Waals surface area contributed by atoms with E-state index in [0.717, 1.165) is 10.4 Å². The molecule has 1 aromatic heterocycles. The highest BCUT2D eigenvalue weighted by Gasteiger charge is 2.22. The van der Waals surface area contributed by atoms with Gasteiger partial charge in [0.25, 0.3) is 5.91 Å². The molecule has 2 aromatic rings. The zero-order chi connectivity index (χ0) is 15.9. The molecule has 1 heterocycles. The van der Waals surface area contributed by atoms with E-state index in [1.54, 1.807) is 22.3 Å². The number of hydrogen-bond acceptors (Lipinski definition) is 3. The van der Waals surface area contributed by atoms with E-state index in [1.165, 1.54) is 4.88 Å². The molecule has 1 amide bonds. The molecule has 0 saturated heterocycles. The number of aryl methyl sites for hydroxylation is 1. The third kappa shape index (κ3) is 4.55. The molecule has 1 N–H and O–H groups in total. The van der Waals surface area contributed by atoms with Gasteiger partial charge in [0, 0.05) is 22.7 Å². The summed E-state index contributed by atoms with van der Waals surface area (Å²) in [5.41, 5.74) is 0.953. The van der Waals surface area contributed by atoms with E-state index >= 15 is 0 Å². The van der Waals surface area contributed by atoms with Gasteiger partial charge in [0.2, 0.25) is 0 Å². The Hall–Kier alpha value is -1.91. The zero-order valence-electron chi connectivity index (χ0n) is 12.7. The van der Waals surface area contributed by atoms with E-state index < -0.39 is 6.10 Å². The van der Waals surface area contributed by atoms with Crippen LogP contribution < -0.4 is 0 Å². The summed E-state index contributed by atoms with van der Waals surface area (Å²) < 4.78 is 0. The van der Waals surface area contributed by atoms with Crippen molar-refractivity contribution in [2.24, 2.45) is 0 Å². The first kappa shape index (κ1) is 16.5. The molecular weight excluding hydrogens is 294 g/mol. The minimum absolute atomic E-state index is 0.255. The second-order valence-corrected chi connectivity index (χ2v) is 6.60. The lowest BCUT2D eigenvalue weighted by atomic mass is 10.1. The number of aliphatic hydroxyl groups is 1. The van der Waals surface area contributed by atoms with Crippen LogP contribution in [-0.2, 0) is 17.8 Å². The van der Waals surface area contributed by atoms with Gasteiger partial charge in [-0.1, -0.05) is 36.4 Å². The molecule has 0 aliphatic rings. The van der Waals surface area contributed by atoms with Crippen LogP contribution in [0.5, 0.6) is 0 Å². The maximum Gasteiger partial charge on any atom is 0.252 e. The highest BCUT2D eigenvalue weighted by atomic mass is 32.1. The van der Waals surface area contributed by atoms with Crippen molar-refractivity contribution in [1.29, 1.82) is 0 Å². The highest BCUT2D eigenvalue weighted by Crippen LogP contribution is 2.18. The molecule has 1 aromatic carbocycles. The van der Waals surface area contributed by atoms with Crippen LogP contribution in [0.1, 0.15) is 15.3 Å². The maximum atomic E-state index is 12.5. The van der Waals surface area contributed by atoms with Crippen LogP contribution in [0, 0.1) is 6.92 Å². The van der Waals surface area contributed by atoms with Crippen molar-refractivity contribution in [3.05, 3.63) is 70.4 Å². The third-order valence-corrected chi connectivity index (χ3v) is 4.35. The fraction of sp³-hybridized carbons (Fsp3) is 0.278. The molecule has 0 fully saturated rings. The molecule has 2 rings (SSSR count). The Balaban J connectivity index is 2.03. The van der Waals surface area contributed by atoms with Crippen LogP contribution in [0.3, 0.4) is 0 Å². The number of rotatable bonds is 7. The maximum absolute atomic E-state index is 12.5. The first-order chi connectivity index (χ1) is 10.6. The van der Waals surface area contributed by atoms with Crippen LogP contribution in [0.25, 0.3) is 0 Å². The van der Waals surface area contributed by atoms with E-state index in [2.05, 4.69) is 6.58 Å². The van der Waals surface area contributed by atoms with Crippen LogP contribution in [0.2, 0.25) is 0 Å². The molecule has 0 spiro atoms. The average Bonchev–Trinajstić information content (AvgIpc) is 2.92. The number of thiophene rings is 1. The van der Waals surface area contributed by atoms with Crippen molar-refractivity contribution in [3.63, 3.8) is 0 Å². The standard InChI is InChI=1S/C18H21NO2S/c1-3-11-19(13-16-10-9-14(2)22-16)18(21)17(20)12-15-7-5-4-6-8-15/h3-10,17,20H,1,11-13H2,2H3. The molecule has 0 bridgehead atoms. The Morgan fingerprint density at radius 3 is 2.64 bits per heavy atom. The van der Waals surface area contributed by atoms with E-state index in [9.17, 15) is 9.90 Å². The Kier molecular flexibility index (Phi) is 5.92. The van der Waals surface area contributed by atoms with Gasteiger partial charge < -0.3 is 10.0 Å². The largest absolute Gasteiger partial charge is 0.383 e. The van der Waals surface area contributed by atoms with Crippen LogP contribution in [-0.4, -0.2) is 28.6 Å². The number of benzene rings is 1. The van der Waals surface area contributed by atoms with Gasteiger partial charge in [0.1, 0.15) is 6.10 Å². The molecule has 0 aliphatic heterocycles. The Bertz CT molecular complexity index is 621. The lowest BCUT2D eigenvalue weighted by Crippen LogP contribution is -2.39. The predicted octanol–water partition coefficient (Wildman–Crippen LogP) is 3.17. The molecule has 0 saturated carbocycles. The Morgan fingerprint density at radius 2 is 2.05 bits per heavy atom. The number of carbonyl (C=O) groups is 1. The quantitative estimate of drug-likeness (QED) is 0.797. The van der Waals surface area contributed by atoms with Crippen molar-refractivity contribution in [2.45, 2.75) is 26.0 Å². The summed E-state index contributed by atoms with van der Waals surface area (Å²) in [4.78, 5) is 16.5. The molecule has 1 unspecified atom stereocenters. The van der Waals surface area contributed by atoms with Gasteiger partial charge in [-0.25, -0.2) is 0 Å². The van der Waals surface area contributed by atoms with Crippen molar-refractivity contribution >= 4 is 17.2 Å². The molecule has 1 atom stereocenters. The highest BCUT2D eigenvalue weighted by molar-refractivity contribution is 7.11. The van der Waals surface area contributed by atoms with Gasteiger partial charge in [-0.15, -0.1) is 17.9 Å². The lowest BCUT2D eigenvalue weighted by molar-refractivity contribution is -0.140. The molecule has 3 nitrogen and oxygen atoms in total. The Labute approximate surface area is 135 Å². The first-order valence-electron chi connectivity index (χ1n) is 7.27. The van der Waals surface area contributed by atoms with Gasteiger partial charge in [0.05, 0.1) is 6.54 Å². The van der Waals surface area contributed by atoms with Crippen molar-refractivity contribution in [1.82, 2.24) is 4.90 Å². The summed E-state index contributed by atoms with van der Waals surface area (Å²) in [6.45, 7) is 6.68. The van der Waals surface area contributed by atoms with Gasteiger partial charge in [-0.05, 0) is 24.6 Å².